The number of ether oxygens (including phenoxy) is 1. The molecule has 6 nitrogen and oxygen atoms in total. The van der Waals surface area contributed by atoms with Crippen molar-refractivity contribution < 1.29 is 9.53 Å². The molecule has 1 saturated heterocycles. The van der Waals surface area contributed by atoms with Crippen LogP contribution in [0.1, 0.15) is 39.3 Å². The van der Waals surface area contributed by atoms with Gasteiger partial charge in [0.1, 0.15) is 5.60 Å². The Morgan fingerprint density at radius 3 is 2.54 bits per heavy atom. The highest BCUT2D eigenvalue weighted by molar-refractivity contribution is 6.29. The summed E-state index contributed by atoms with van der Waals surface area (Å²) in [6.07, 6.45) is 1.79. The molecule has 1 aliphatic heterocycles. The maximum Gasteiger partial charge on any atom is 0.410 e. The Balaban J connectivity index is 1.74. The molecular formula is C17H27ClN4O2. The quantitative estimate of drug-likeness (QED) is 0.831. The molecule has 134 valence electrons. The van der Waals surface area contributed by atoms with Crippen LogP contribution in [0, 0.1) is 5.92 Å². The van der Waals surface area contributed by atoms with Crippen molar-refractivity contribution in [3.63, 3.8) is 0 Å². The molecule has 0 saturated carbocycles. The molecule has 0 unspecified atom stereocenters. The van der Waals surface area contributed by atoms with Gasteiger partial charge in [0.2, 0.25) is 0 Å². The SMILES string of the molecule is CN(Cc1ccc(Cl)nn1)CC1CCN(C(=O)OC(C)(C)C)CC1. The van der Waals surface area contributed by atoms with Crippen molar-refractivity contribution in [3.05, 3.63) is 23.0 Å². The molecule has 1 fully saturated rings. The number of rotatable bonds is 4. The second-order valence-corrected chi connectivity index (χ2v) is 7.84. The lowest BCUT2D eigenvalue weighted by Gasteiger charge is -2.34. The van der Waals surface area contributed by atoms with E-state index in [2.05, 4.69) is 22.1 Å². The second kappa shape index (κ2) is 8.12. The molecule has 0 aliphatic carbocycles. The van der Waals surface area contributed by atoms with Gasteiger partial charge in [-0.3, -0.25) is 0 Å². The average Bonchev–Trinajstić information content (AvgIpc) is 2.48. The van der Waals surface area contributed by atoms with Crippen LogP contribution in [0.5, 0.6) is 0 Å². The second-order valence-electron chi connectivity index (χ2n) is 7.45. The summed E-state index contributed by atoms with van der Waals surface area (Å²) >= 11 is 5.75. The van der Waals surface area contributed by atoms with Crippen LogP contribution in [0.4, 0.5) is 4.79 Å². The van der Waals surface area contributed by atoms with Gasteiger partial charge in [-0.25, -0.2) is 4.79 Å². The van der Waals surface area contributed by atoms with Crippen molar-refractivity contribution >= 4 is 17.7 Å². The zero-order valence-corrected chi connectivity index (χ0v) is 15.7. The van der Waals surface area contributed by atoms with Gasteiger partial charge in [0, 0.05) is 26.2 Å². The maximum absolute atomic E-state index is 12.1. The summed E-state index contributed by atoms with van der Waals surface area (Å²) in [7, 11) is 2.08. The summed E-state index contributed by atoms with van der Waals surface area (Å²) in [4.78, 5) is 16.1. The van der Waals surface area contributed by atoms with Crippen LogP contribution in [0.25, 0.3) is 0 Å². The normalized spacial score (nSPS) is 16.5. The number of hydrogen-bond donors (Lipinski definition) is 0. The first kappa shape index (κ1) is 18.9. The summed E-state index contributed by atoms with van der Waals surface area (Å²) in [5, 5.41) is 8.37. The van der Waals surface area contributed by atoms with Crippen LogP contribution in [0.3, 0.4) is 0 Å². The summed E-state index contributed by atoms with van der Waals surface area (Å²) in [5.41, 5.74) is 0.474. The van der Waals surface area contributed by atoms with E-state index >= 15 is 0 Å². The predicted molar refractivity (Wildman–Crippen MR) is 93.9 cm³/mol. The van der Waals surface area contributed by atoms with Crippen LogP contribution in [-0.2, 0) is 11.3 Å². The minimum Gasteiger partial charge on any atom is -0.444 e. The highest BCUT2D eigenvalue weighted by Crippen LogP contribution is 2.20. The molecule has 1 aromatic heterocycles. The van der Waals surface area contributed by atoms with E-state index in [4.69, 9.17) is 16.3 Å². The number of nitrogens with zero attached hydrogens (tertiary/aromatic N) is 4. The lowest BCUT2D eigenvalue weighted by molar-refractivity contribution is 0.0172. The van der Waals surface area contributed by atoms with Gasteiger partial charge in [-0.15, -0.1) is 5.10 Å². The molecule has 2 rings (SSSR count). The average molecular weight is 355 g/mol. The molecular weight excluding hydrogens is 328 g/mol. The summed E-state index contributed by atoms with van der Waals surface area (Å²) in [6, 6.07) is 3.66. The molecule has 1 amide bonds. The summed E-state index contributed by atoms with van der Waals surface area (Å²) in [5.74, 6) is 0.578. The van der Waals surface area contributed by atoms with E-state index < -0.39 is 5.60 Å². The molecule has 7 heteroatoms. The molecule has 1 aromatic rings. The van der Waals surface area contributed by atoms with E-state index in [-0.39, 0.29) is 6.09 Å². The van der Waals surface area contributed by atoms with Crippen molar-refractivity contribution in [1.29, 1.82) is 0 Å². The number of likely N-dealkylation sites (tertiary alicyclic amines) is 1. The summed E-state index contributed by atoms with van der Waals surface area (Å²) < 4.78 is 5.43. The lowest BCUT2D eigenvalue weighted by Crippen LogP contribution is -2.43. The third-order valence-corrected chi connectivity index (χ3v) is 4.16. The number of carbonyl (C=O) groups excluding carboxylic acids is 1. The van der Waals surface area contributed by atoms with E-state index in [0.717, 1.165) is 44.7 Å². The Labute approximate surface area is 149 Å². The lowest BCUT2D eigenvalue weighted by atomic mass is 9.96. The first-order valence-corrected chi connectivity index (χ1v) is 8.75. The Morgan fingerprint density at radius 2 is 2.00 bits per heavy atom. The van der Waals surface area contributed by atoms with Gasteiger partial charge in [-0.1, -0.05) is 11.6 Å². The molecule has 0 spiro atoms. The van der Waals surface area contributed by atoms with Crippen LogP contribution in [0.15, 0.2) is 12.1 Å². The third-order valence-electron chi connectivity index (χ3n) is 3.96. The van der Waals surface area contributed by atoms with E-state index in [9.17, 15) is 4.79 Å². The fourth-order valence-corrected chi connectivity index (χ4v) is 2.94. The van der Waals surface area contributed by atoms with Crippen LogP contribution in [0.2, 0.25) is 5.15 Å². The minimum absolute atomic E-state index is 0.203. The Bertz CT molecular complexity index is 537. The van der Waals surface area contributed by atoms with Gasteiger partial charge < -0.3 is 14.5 Å². The van der Waals surface area contributed by atoms with E-state index in [1.165, 1.54) is 0 Å². The monoisotopic (exact) mass is 354 g/mol. The molecule has 24 heavy (non-hydrogen) atoms. The van der Waals surface area contributed by atoms with Crippen LogP contribution >= 0.6 is 11.6 Å². The van der Waals surface area contributed by atoms with Crippen LogP contribution in [-0.4, -0.2) is 58.4 Å². The van der Waals surface area contributed by atoms with Gasteiger partial charge in [0.25, 0.3) is 0 Å². The minimum atomic E-state index is -0.437. The zero-order chi connectivity index (χ0) is 17.7. The smallest absolute Gasteiger partial charge is 0.410 e. The predicted octanol–water partition coefficient (Wildman–Crippen LogP) is 3.21. The molecule has 0 radical (unpaired) electrons. The highest BCUT2D eigenvalue weighted by Gasteiger charge is 2.27. The van der Waals surface area contributed by atoms with Gasteiger partial charge >= 0.3 is 6.09 Å². The molecule has 2 heterocycles. The topological polar surface area (TPSA) is 58.6 Å². The Kier molecular flexibility index (Phi) is 6.40. The molecule has 0 bridgehead atoms. The van der Waals surface area contributed by atoms with E-state index in [1.807, 2.05) is 31.7 Å². The zero-order valence-electron chi connectivity index (χ0n) is 15.0. The number of amides is 1. The Morgan fingerprint density at radius 1 is 1.33 bits per heavy atom. The van der Waals surface area contributed by atoms with Crippen molar-refractivity contribution in [2.24, 2.45) is 5.92 Å². The molecule has 0 atom stereocenters. The van der Waals surface area contributed by atoms with Crippen molar-refractivity contribution in [2.75, 3.05) is 26.7 Å². The highest BCUT2D eigenvalue weighted by atomic mass is 35.5. The third kappa shape index (κ3) is 6.24. The number of aromatic nitrogens is 2. The standard InChI is InChI=1S/C17H27ClN4O2/c1-17(2,3)24-16(23)22-9-7-13(8-10-22)11-21(4)12-14-5-6-15(18)20-19-14/h5-6,13H,7-12H2,1-4H3. The molecule has 0 aromatic carbocycles. The summed E-state index contributed by atoms with van der Waals surface area (Å²) in [6.45, 7) is 8.93. The number of piperidine rings is 1. The van der Waals surface area contributed by atoms with Gasteiger partial charge in [0.15, 0.2) is 5.15 Å². The fraction of sp³-hybridized carbons (Fsp3) is 0.706. The van der Waals surface area contributed by atoms with Crippen LogP contribution < -0.4 is 0 Å². The Hall–Kier alpha value is -1.40. The first-order valence-electron chi connectivity index (χ1n) is 8.37. The number of carbonyl (C=O) groups is 1. The van der Waals surface area contributed by atoms with Gasteiger partial charge in [-0.05, 0) is 58.7 Å². The molecule has 1 aliphatic rings. The fourth-order valence-electron chi connectivity index (χ4n) is 2.83. The number of hydrogen-bond acceptors (Lipinski definition) is 5. The first-order chi connectivity index (χ1) is 11.2. The van der Waals surface area contributed by atoms with Gasteiger partial charge in [0.05, 0.1) is 5.69 Å². The largest absolute Gasteiger partial charge is 0.444 e. The van der Waals surface area contributed by atoms with Gasteiger partial charge in [-0.2, -0.15) is 5.10 Å². The van der Waals surface area contributed by atoms with Crippen molar-refractivity contribution in [3.8, 4) is 0 Å². The molecule has 0 N–H and O–H groups in total. The number of halogens is 1. The van der Waals surface area contributed by atoms with Crippen molar-refractivity contribution in [2.45, 2.75) is 45.8 Å². The van der Waals surface area contributed by atoms with Crippen molar-refractivity contribution in [1.82, 2.24) is 20.0 Å². The van der Waals surface area contributed by atoms with E-state index in [1.54, 1.807) is 6.07 Å². The maximum atomic E-state index is 12.1. The van der Waals surface area contributed by atoms with E-state index in [0.29, 0.717) is 11.1 Å².